The molecule has 0 aliphatic carbocycles. The van der Waals surface area contributed by atoms with Gasteiger partial charge in [-0.25, -0.2) is 16.8 Å². The Labute approximate surface area is 216 Å². The van der Waals surface area contributed by atoms with Crippen LogP contribution in [0.15, 0.2) is 36.4 Å². The molecular weight excluding hydrogens is 500 g/mol. The van der Waals surface area contributed by atoms with Gasteiger partial charge in [0.2, 0.25) is 20.0 Å². The molecule has 10 heteroatoms. The lowest BCUT2D eigenvalue weighted by Crippen LogP contribution is -2.16. The first kappa shape index (κ1) is 29.8. The number of aryl methyl sites for hydroxylation is 2. The summed E-state index contributed by atoms with van der Waals surface area (Å²) in [5.41, 5.74) is 2.13. The second-order valence-corrected chi connectivity index (χ2v) is 13.1. The predicted octanol–water partition coefficient (Wildman–Crippen LogP) is 5.80. The molecule has 0 radical (unpaired) electrons. The summed E-state index contributed by atoms with van der Waals surface area (Å²) in [6.07, 6.45) is 9.01. The minimum absolute atomic E-state index is 0.0294. The average Bonchev–Trinajstić information content (AvgIpc) is 2.78. The summed E-state index contributed by atoms with van der Waals surface area (Å²) in [7, 11) is -6.96. The first-order valence-corrected chi connectivity index (χ1v) is 15.9. The van der Waals surface area contributed by atoms with Crippen LogP contribution >= 0.6 is 0 Å². The third-order valence-corrected chi connectivity index (χ3v) is 8.63. The second kappa shape index (κ2) is 14.3. The van der Waals surface area contributed by atoms with Crippen LogP contribution < -0.4 is 9.44 Å². The lowest BCUT2D eigenvalue weighted by atomic mass is 10.1. The van der Waals surface area contributed by atoms with Crippen LogP contribution in [0.25, 0.3) is 0 Å². The van der Waals surface area contributed by atoms with Gasteiger partial charge in [-0.15, -0.1) is 0 Å². The number of hydrogen-bond acceptors (Lipinski definition) is 6. The third-order valence-electron chi connectivity index (χ3n) is 5.91. The molecule has 0 saturated heterocycles. The Hall–Kier alpha value is -2.46. The van der Waals surface area contributed by atoms with Crippen molar-refractivity contribution in [1.29, 1.82) is 0 Å². The Bertz CT molecular complexity index is 1090. The monoisotopic (exact) mass is 540 g/mol. The topological polar surface area (TPSA) is 133 Å². The first-order valence-electron chi connectivity index (χ1n) is 12.6. The highest BCUT2D eigenvalue weighted by molar-refractivity contribution is 7.92. The van der Waals surface area contributed by atoms with E-state index in [4.69, 9.17) is 0 Å². The van der Waals surface area contributed by atoms with Crippen LogP contribution in [-0.4, -0.2) is 38.6 Å². The molecule has 0 heterocycles. The molecule has 8 nitrogen and oxygen atoms in total. The number of phenols is 2. The van der Waals surface area contributed by atoms with Gasteiger partial charge in [-0.05, 0) is 62.1 Å². The number of rotatable bonds is 17. The molecule has 0 spiro atoms. The van der Waals surface area contributed by atoms with Gasteiger partial charge in [0.25, 0.3) is 0 Å². The number of unbranched alkanes of at least 4 members (excludes halogenated alkanes) is 9. The van der Waals surface area contributed by atoms with Crippen molar-refractivity contribution in [3.63, 3.8) is 0 Å². The molecule has 202 valence electrons. The zero-order valence-corrected chi connectivity index (χ0v) is 22.9. The van der Waals surface area contributed by atoms with Crippen LogP contribution in [-0.2, 0) is 20.0 Å². The van der Waals surface area contributed by atoms with Crippen molar-refractivity contribution in [2.45, 2.75) is 78.1 Å². The SMILES string of the molecule is Cc1ccc(NS(=O)(=O)CCCCCCCCCCCCS(=O)(=O)Nc2ccc(C)cc2O)c(O)c1. The number of nitrogens with one attached hydrogen (secondary N) is 2. The maximum absolute atomic E-state index is 12.2. The van der Waals surface area contributed by atoms with Crippen LogP contribution in [0.4, 0.5) is 11.4 Å². The van der Waals surface area contributed by atoms with Crippen molar-refractivity contribution in [3.8, 4) is 11.5 Å². The van der Waals surface area contributed by atoms with E-state index in [2.05, 4.69) is 9.44 Å². The quantitative estimate of drug-likeness (QED) is 0.148. The van der Waals surface area contributed by atoms with Gasteiger partial charge in [0, 0.05) is 0 Å². The number of phenolic OH excluding ortho intramolecular Hbond substituents is 2. The van der Waals surface area contributed by atoms with Gasteiger partial charge in [0.15, 0.2) is 0 Å². The lowest BCUT2D eigenvalue weighted by molar-refractivity contribution is 0.476. The largest absolute Gasteiger partial charge is 0.506 e. The van der Waals surface area contributed by atoms with E-state index in [1.165, 1.54) is 12.1 Å². The fourth-order valence-corrected chi connectivity index (χ4v) is 6.28. The van der Waals surface area contributed by atoms with Gasteiger partial charge in [0.1, 0.15) is 11.5 Å². The van der Waals surface area contributed by atoms with Crippen molar-refractivity contribution in [2.24, 2.45) is 0 Å². The molecule has 36 heavy (non-hydrogen) atoms. The number of aromatic hydroxyl groups is 2. The number of sulfonamides is 2. The van der Waals surface area contributed by atoms with E-state index in [0.29, 0.717) is 12.8 Å². The third kappa shape index (κ3) is 11.5. The predicted molar refractivity (Wildman–Crippen MR) is 147 cm³/mol. The highest BCUT2D eigenvalue weighted by atomic mass is 32.2. The lowest BCUT2D eigenvalue weighted by Gasteiger charge is -2.10. The standard InChI is InChI=1S/C26H40N2O6S2/c1-21-13-15-23(25(29)19-21)27-35(31,32)17-11-9-7-5-3-4-6-8-10-12-18-36(33,34)28-24-16-14-22(2)20-26(24)30/h13-16,19-20,27-30H,3-12,17-18H2,1-2H3. The average molecular weight is 541 g/mol. The van der Waals surface area contributed by atoms with E-state index in [0.717, 1.165) is 62.5 Å². The maximum atomic E-state index is 12.2. The molecule has 0 unspecified atom stereocenters. The number of anilines is 2. The van der Waals surface area contributed by atoms with Crippen molar-refractivity contribution in [1.82, 2.24) is 0 Å². The molecule has 0 atom stereocenters. The molecule has 0 aliphatic heterocycles. The zero-order chi connectivity index (χ0) is 26.6. The highest BCUT2D eigenvalue weighted by Crippen LogP contribution is 2.26. The van der Waals surface area contributed by atoms with E-state index in [-0.39, 0.29) is 34.4 Å². The zero-order valence-electron chi connectivity index (χ0n) is 21.3. The summed E-state index contributed by atoms with van der Waals surface area (Å²) in [5, 5.41) is 19.7. The van der Waals surface area contributed by atoms with Gasteiger partial charge in [-0.3, -0.25) is 9.44 Å². The minimum atomic E-state index is -3.48. The van der Waals surface area contributed by atoms with Crippen molar-refractivity contribution < 1.29 is 27.0 Å². The molecule has 0 saturated carbocycles. The van der Waals surface area contributed by atoms with E-state index in [1.807, 2.05) is 13.8 Å². The van der Waals surface area contributed by atoms with E-state index in [9.17, 15) is 27.0 Å². The fourth-order valence-electron chi connectivity index (χ4n) is 3.89. The van der Waals surface area contributed by atoms with Crippen LogP contribution in [0.3, 0.4) is 0 Å². The molecule has 0 bridgehead atoms. The Morgan fingerprint density at radius 3 is 1.17 bits per heavy atom. The van der Waals surface area contributed by atoms with Crippen LogP contribution in [0.2, 0.25) is 0 Å². The molecule has 0 aromatic heterocycles. The van der Waals surface area contributed by atoms with Crippen LogP contribution in [0.1, 0.15) is 75.3 Å². The summed E-state index contributed by atoms with van der Waals surface area (Å²) in [5.74, 6) is -0.0812. The molecule has 0 aliphatic rings. The Kier molecular flexibility index (Phi) is 11.8. The van der Waals surface area contributed by atoms with Crippen molar-refractivity contribution in [3.05, 3.63) is 47.5 Å². The fraction of sp³-hybridized carbons (Fsp3) is 0.538. The molecule has 0 fully saturated rings. The smallest absolute Gasteiger partial charge is 0.232 e. The van der Waals surface area contributed by atoms with E-state index in [1.54, 1.807) is 24.3 Å². The Morgan fingerprint density at radius 2 is 0.861 bits per heavy atom. The van der Waals surface area contributed by atoms with Gasteiger partial charge in [-0.1, -0.05) is 63.5 Å². The summed E-state index contributed by atoms with van der Waals surface area (Å²) < 4.78 is 53.7. The Morgan fingerprint density at radius 1 is 0.556 bits per heavy atom. The molecule has 2 rings (SSSR count). The van der Waals surface area contributed by atoms with Crippen LogP contribution in [0.5, 0.6) is 11.5 Å². The van der Waals surface area contributed by atoms with Gasteiger partial charge >= 0.3 is 0 Å². The Balaban J connectivity index is 1.48. The first-order chi connectivity index (χ1) is 17.0. The summed E-state index contributed by atoms with van der Waals surface area (Å²) >= 11 is 0. The van der Waals surface area contributed by atoms with E-state index < -0.39 is 20.0 Å². The maximum Gasteiger partial charge on any atom is 0.232 e. The second-order valence-electron chi connectivity index (χ2n) is 9.42. The molecular formula is C26H40N2O6S2. The van der Waals surface area contributed by atoms with Gasteiger partial charge < -0.3 is 10.2 Å². The molecule has 2 aromatic carbocycles. The highest BCUT2D eigenvalue weighted by Gasteiger charge is 2.14. The summed E-state index contributed by atoms with van der Waals surface area (Å²) in [6.45, 7) is 3.65. The number of hydrogen-bond donors (Lipinski definition) is 4. The summed E-state index contributed by atoms with van der Waals surface area (Å²) in [6, 6.07) is 9.67. The van der Waals surface area contributed by atoms with Crippen molar-refractivity contribution >= 4 is 31.4 Å². The summed E-state index contributed by atoms with van der Waals surface area (Å²) in [4.78, 5) is 0. The number of benzene rings is 2. The van der Waals surface area contributed by atoms with Gasteiger partial charge in [0.05, 0.1) is 22.9 Å². The normalized spacial score (nSPS) is 11.9. The van der Waals surface area contributed by atoms with Crippen LogP contribution in [0, 0.1) is 13.8 Å². The molecule has 2 aromatic rings. The molecule has 0 amide bonds. The minimum Gasteiger partial charge on any atom is -0.506 e. The van der Waals surface area contributed by atoms with Gasteiger partial charge in [-0.2, -0.15) is 0 Å². The van der Waals surface area contributed by atoms with E-state index >= 15 is 0 Å². The van der Waals surface area contributed by atoms with Crippen molar-refractivity contribution in [2.75, 3.05) is 20.9 Å². The molecule has 4 N–H and O–H groups in total.